The Balaban J connectivity index is 2.24. The molecule has 1 aliphatic rings. The first-order valence-electron chi connectivity index (χ1n) is 6.17. The second kappa shape index (κ2) is 5.85. The molecule has 4 N–H and O–H groups in total. The van der Waals surface area contributed by atoms with Gasteiger partial charge in [0.05, 0.1) is 16.6 Å². The van der Waals surface area contributed by atoms with Crippen molar-refractivity contribution in [3.8, 4) is 11.5 Å². The van der Waals surface area contributed by atoms with Crippen LogP contribution in [0.5, 0.6) is 11.5 Å². The predicted octanol–water partition coefficient (Wildman–Crippen LogP) is 1.45. The number of nitrogens with zero attached hydrogens (tertiary/aromatic N) is 1. The molecule has 0 aromatic heterocycles. The highest BCUT2D eigenvalue weighted by molar-refractivity contribution is 5.56. The summed E-state index contributed by atoms with van der Waals surface area (Å²) in [6.45, 7) is 0.675. The lowest BCUT2D eigenvalue weighted by atomic mass is 9.99. The Morgan fingerprint density at radius 2 is 2.00 bits per heavy atom. The highest BCUT2D eigenvalue weighted by atomic mass is 16.7. The molecule has 19 heavy (non-hydrogen) atoms. The maximum atomic E-state index is 11.1. The molecule has 0 aliphatic carbocycles. The lowest BCUT2D eigenvalue weighted by Gasteiger charge is -2.12. The predicted molar refractivity (Wildman–Crippen MR) is 69.1 cm³/mol. The second-order valence-corrected chi connectivity index (χ2v) is 4.41. The van der Waals surface area contributed by atoms with Crippen LogP contribution in [-0.4, -0.2) is 18.3 Å². The van der Waals surface area contributed by atoms with E-state index in [1.807, 2.05) is 0 Å². The number of nitro groups is 1. The van der Waals surface area contributed by atoms with Crippen molar-refractivity contribution < 1.29 is 14.4 Å². The van der Waals surface area contributed by atoms with Gasteiger partial charge in [-0.3, -0.25) is 10.1 Å². The molecule has 0 spiro atoms. The lowest BCUT2D eigenvalue weighted by Crippen LogP contribution is -2.13. The van der Waals surface area contributed by atoms with Gasteiger partial charge in [-0.2, -0.15) is 0 Å². The third kappa shape index (κ3) is 2.94. The van der Waals surface area contributed by atoms with E-state index in [4.69, 9.17) is 20.9 Å². The van der Waals surface area contributed by atoms with Gasteiger partial charge in [0.2, 0.25) is 6.79 Å². The Bertz CT molecular complexity index is 478. The zero-order chi connectivity index (χ0) is 13.8. The van der Waals surface area contributed by atoms with Crippen LogP contribution >= 0.6 is 0 Å². The Morgan fingerprint density at radius 3 is 2.63 bits per heavy atom. The number of rotatable bonds is 6. The quantitative estimate of drug-likeness (QED) is 0.458. The largest absolute Gasteiger partial charge is 0.454 e. The highest BCUT2D eigenvalue weighted by Crippen LogP contribution is 2.40. The zero-order valence-corrected chi connectivity index (χ0v) is 10.5. The van der Waals surface area contributed by atoms with Gasteiger partial charge in [0, 0.05) is 6.04 Å². The maximum absolute atomic E-state index is 11.1. The molecule has 0 bridgehead atoms. The number of unbranched alkanes of at least 4 members (excludes halogenated alkanes) is 1. The van der Waals surface area contributed by atoms with E-state index in [2.05, 4.69) is 0 Å². The van der Waals surface area contributed by atoms with Gasteiger partial charge in [-0.1, -0.05) is 6.42 Å². The molecular formula is C12H17N3O4. The first-order valence-corrected chi connectivity index (χ1v) is 6.17. The summed E-state index contributed by atoms with van der Waals surface area (Å²) in [5, 5.41) is 11.1. The molecule has 0 saturated heterocycles. The smallest absolute Gasteiger partial charge is 0.278 e. The molecule has 1 aliphatic heterocycles. The second-order valence-electron chi connectivity index (χ2n) is 4.41. The molecule has 1 aromatic rings. The average Bonchev–Trinajstić information content (AvgIpc) is 2.84. The lowest BCUT2D eigenvalue weighted by molar-refractivity contribution is -0.385. The molecule has 7 nitrogen and oxygen atoms in total. The number of benzene rings is 1. The summed E-state index contributed by atoms with van der Waals surface area (Å²) >= 11 is 0. The molecule has 1 aromatic carbocycles. The van der Waals surface area contributed by atoms with Crippen molar-refractivity contribution in [3.63, 3.8) is 0 Å². The summed E-state index contributed by atoms with van der Waals surface area (Å²) in [7, 11) is 0. The minimum absolute atomic E-state index is 0.0236. The molecule has 0 saturated carbocycles. The van der Waals surface area contributed by atoms with Gasteiger partial charge in [0.25, 0.3) is 5.69 Å². The van der Waals surface area contributed by atoms with Crippen molar-refractivity contribution in [1.82, 2.24) is 0 Å². The Hall–Kier alpha value is -1.86. The molecular weight excluding hydrogens is 250 g/mol. The molecule has 0 unspecified atom stereocenters. The van der Waals surface area contributed by atoms with Crippen LogP contribution in [0.15, 0.2) is 12.1 Å². The van der Waals surface area contributed by atoms with Gasteiger partial charge in [0.1, 0.15) is 0 Å². The van der Waals surface area contributed by atoms with Crippen LogP contribution in [0.25, 0.3) is 0 Å². The minimum atomic E-state index is -0.444. The molecule has 2 rings (SSSR count). The van der Waals surface area contributed by atoms with Crippen molar-refractivity contribution in [2.24, 2.45) is 11.5 Å². The highest BCUT2D eigenvalue weighted by Gasteiger charge is 2.26. The molecule has 0 fully saturated rings. The van der Waals surface area contributed by atoms with E-state index >= 15 is 0 Å². The standard InChI is InChI=1S/C12H17N3O4/c13-4-2-1-3-9(14)8-5-11-12(19-7-18-11)6-10(8)15(16)17/h5-6,9H,1-4,7,13-14H2/t9-/m0/s1. The van der Waals surface area contributed by atoms with Crippen LogP contribution in [0.3, 0.4) is 0 Å². The fourth-order valence-electron chi connectivity index (χ4n) is 2.07. The third-order valence-electron chi connectivity index (χ3n) is 3.09. The average molecular weight is 267 g/mol. The Morgan fingerprint density at radius 1 is 1.32 bits per heavy atom. The van der Waals surface area contributed by atoms with Crippen LogP contribution in [-0.2, 0) is 0 Å². The van der Waals surface area contributed by atoms with Crippen molar-refractivity contribution in [1.29, 1.82) is 0 Å². The number of fused-ring (bicyclic) bond motifs is 1. The van der Waals surface area contributed by atoms with Crippen LogP contribution in [0.1, 0.15) is 30.9 Å². The monoisotopic (exact) mass is 267 g/mol. The Kier molecular flexibility index (Phi) is 4.18. The SMILES string of the molecule is NCCCC[C@H](N)c1cc2c(cc1[N+](=O)[O-])OCO2. The van der Waals surface area contributed by atoms with Crippen LogP contribution in [0, 0.1) is 10.1 Å². The third-order valence-corrected chi connectivity index (χ3v) is 3.09. The van der Waals surface area contributed by atoms with Crippen LogP contribution in [0.2, 0.25) is 0 Å². The molecule has 1 heterocycles. The van der Waals surface area contributed by atoms with E-state index in [9.17, 15) is 10.1 Å². The zero-order valence-electron chi connectivity index (χ0n) is 10.5. The summed E-state index contributed by atoms with van der Waals surface area (Å²) < 4.78 is 10.4. The first-order chi connectivity index (χ1) is 9.13. The number of nitro benzene ring substituents is 1. The Labute approximate surface area is 110 Å². The van der Waals surface area contributed by atoms with E-state index in [1.54, 1.807) is 6.07 Å². The summed E-state index contributed by atoms with van der Waals surface area (Å²) in [4.78, 5) is 10.6. The van der Waals surface area contributed by atoms with Crippen molar-refractivity contribution in [2.75, 3.05) is 13.3 Å². The molecule has 1 atom stereocenters. The summed E-state index contributed by atoms with van der Waals surface area (Å²) in [5.74, 6) is 0.902. The van der Waals surface area contributed by atoms with Crippen LogP contribution in [0.4, 0.5) is 5.69 Å². The normalized spacial score (nSPS) is 14.4. The summed E-state index contributed by atoms with van der Waals surface area (Å²) in [6, 6.07) is 2.58. The molecule has 0 amide bonds. The number of ether oxygens (including phenoxy) is 2. The summed E-state index contributed by atoms with van der Waals surface area (Å²) in [5.41, 5.74) is 11.9. The number of hydrogen-bond donors (Lipinski definition) is 2. The molecule has 104 valence electrons. The van der Waals surface area contributed by atoms with E-state index < -0.39 is 11.0 Å². The number of nitrogens with two attached hydrogens (primary N) is 2. The summed E-state index contributed by atoms with van der Waals surface area (Å²) in [6.07, 6.45) is 2.34. The first kappa shape index (κ1) is 13.6. The molecule has 0 radical (unpaired) electrons. The fraction of sp³-hybridized carbons (Fsp3) is 0.500. The van der Waals surface area contributed by atoms with Gasteiger partial charge in [-0.25, -0.2) is 0 Å². The van der Waals surface area contributed by atoms with Crippen molar-refractivity contribution in [3.05, 3.63) is 27.8 Å². The van der Waals surface area contributed by atoms with E-state index in [1.165, 1.54) is 6.07 Å². The number of hydrogen-bond acceptors (Lipinski definition) is 6. The maximum Gasteiger partial charge on any atom is 0.278 e. The van der Waals surface area contributed by atoms with E-state index in [-0.39, 0.29) is 12.5 Å². The van der Waals surface area contributed by atoms with Gasteiger partial charge in [-0.05, 0) is 25.5 Å². The van der Waals surface area contributed by atoms with Gasteiger partial charge in [-0.15, -0.1) is 0 Å². The van der Waals surface area contributed by atoms with Gasteiger partial charge >= 0.3 is 0 Å². The van der Waals surface area contributed by atoms with E-state index in [0.29, 0.717) is 30.0 Å². The van der Waals surface area contributed by atoms with Crippen molar-refractivity contribution in [2.45, 2.75) is 25.3 Å². The van der Waals surface area contributed by atoms with Gasteiger partial charge < -0.3 is 20.9 Å². The van der Waals surface area contributed by atoms with Crippen LogP contribution < -0.4 is 20.9 Å². The van der Waals surface area contributed by atoms with Crippen molar-refractivity contribution >= 4 is 5.69 Å². The van der Waals surface area contributed by atoms with E-state index in [0.717, 1.165) is 12.8 Å². The fourth-order valence-corrected chi connectivity index (χ4v) is 2.07. The van der Waals surface area contributed by atoms with Gasteiger partial charge in [0.15, 0.2) is 11.5 Å². The minimum Gasteiger partial charge on any atom is -0.454 e. The molecule has 7 heteroatoms. The topological polar surface area (TPSA) is 114 Å².